The molecule has 2 unspecified atom stereocenters. The molecule has 2 fully saturated rings. The Morgan fingerprint density at radius 3 is 2.75 bits per heavy atom. The smallest absolute Gasteiger partial charge is 0.205 e. The van der Waals surface area contributed by atoms with E-state index in [1.807, 2.05) is 0 Å². The standard InChI is InChI=1S/C15H26N4O/c1-3-14-11-18(5-4-6-20-2)15(17-14)19-9-12-7-16-8-13(12)10-19/h11-13,16H,3-10H2,1-2H3. The van der Waals surface area contributed by atoms with Crippen LogP contribution in [-0.2, 0) is 17.7 Å². The minimum absolute atomic E-state index is 0.809. The maximum atomic E-state index is 5.17. The summed E-state index contributed by atoms with van der Waals surface area (Å²) in [5, 5.41) is 3.50. The molecule has 0 amide bonds. The van der Waals surface area contributed by atoms with Crippen molar-refractivity contribution < 1.29 is 4.74 Å². The van der Waals surface area contributed by atoms with Crippen LogP contribution < -0.4 is 10.2 Å². The summed E-state index contributed by atoms with van der Waals surface area (Å²) in [5.74, 6) is 2.79. The first kappa shape index (κ1) is 13.9. The molecule has 2 atom stereocenters. The number of imidazole rings is 1. The van der Waals surface area contributed by atoms with Gasteiger partial charge in [-0.25, -0.2) is 4.98 Å². The second-order valence-corrected chi connectivity index (χ2v) is 6.01. The van der Waals surface area contributed by atoms with E-state index in [1.165, 1.54) is 24.7 Å². The molecule has 5 nitrogen and oxygen atoms in total. The van der Waals surface area contributed by atoms with Crippen molar-refractivity contribution in [2.24, 2.45) is 11.8 Å². The van der Waals surface area contributed by atoms with Gasteiger partial charge in [0.1, 0.15) is 0 Å². The lowest BCUT2D eigenvalue weighted by Gasteiger charge is -2.20. The van der Waals surface area contributed by atoms with Gasteiger partial charge in [0.2, 0.25) is 5.95 Å². The quantitative estimate of drug-likeness (QED) is 0.792. The molecule has 0 bridgehead atoms. The molecule has 2 aliphatic heterocycles. The van der Waals surface area contributed by atoms with Gasteiger partial charge in [0.15, 0.2) is 0 Å². The van der Waals surface area contributed by atoms with Crippen LogP contribution in [-0.4, -0.2) is 49.4 Å². The van der Waals surface area contributed by atoms with E-state index in [1.54, 1.807) is 7.11 Å². The molecule has 112 valence electrons. The predicted octanol–water partition coefficient (Wildman–Crippen LogP) is 1.14. The van der Waals surface area contributed by atoms with Gasteiger partial charge < -0.3 is 19.5 Å². The first-order valence-electron chi connectivity index (χ1n) is 7.82. The number of hydrogen-bond acceptors (Lipinski definition) is 4. The zero-order valence-corrected chi connectivity index (χ0v) is 12.6. The second kappa shape index (κ2) is 6.14. The van der Waals surface area contributed by atoms with Gasteiger partial charge in [-0.1, -0.05) is 6.92 Å². The van der Waals surface area contributed by atoms with Crippen LogP contribution in [0.4, 0.5) is 5.95 Å². The fraction of sp³-hybridized carbons (Fsp3) is 0.800. The molecule has 20 heavy (non-hydrogen) atoms. The highest BCUT2D eigenvalue weighted by Gasteiger charge is 2.37. The van der Waals surface area contributed by atoms with Crippen LogP contribution in [0.5, 0.6) is 0 Å². The van der Waals surface area contributed by atoms with Crippen LogP contribution in [0.25, 0.3) is 0 Å². The first-order valence-corrected chi connectivity index (χ1v) is 7.82. The Bertz CT molecular complexity index is 433. The first-order chi connectivity index (χ1) is 9.81. The van der Waals surface area contributed by atoms with Gasteiger partial charge in [-0.2, -0.15) is 0 Å². The van der Waals surface area contributed by atoms with Gasteiger partial charge >= 0.3 is 0 Å². The Morgan fingerprint density at radius 1 is 1.35 bits per heavy atom. The van der Waals surface area contributed by atoms with Crippen molar-refractivity contribution >= 4 is 5.95 Å². The lowest BCUT2D eigenvalue weighted by Crippen LogP contribution is -2.28. The van der Waals surface area contributed by atoms with Gasteiger partial charge in [0, 0.05) is 52.6 Å². The summed E-state index contributed by atoms with van der Waals surface area (Å²) in [6.07, 6.45) is 4.27. The summed E-state index contributed by atoms with van der Waals surface area (Å²) in [6, 6.07) is 0. The molecule has 5 heteroatoms. The SMILES string of the molecule is CCc1cn(CCCOC)c(N2CC3CNCC3C2)n1. The highest BCUT2D eigenvalue weighted by Crippen LogP contribution is 2.30. The van der Waals surface area contributed by atoms with Crippen LogP contribution in [0, 0.1) is 11.8 Å². The van der Waals surface area contributed by atoms with E-state index < -0.39 is 0 Å². The molecule has 3 heterocycles. The van der Waals surface area contributed by atoms with Crippen molar-refractivity contribution in [2.45, 2.75) is 26.3 Å². The summed E-state index contributed by atoms with van der Waals surface area (Å²) in [6.45, 7) is 8.64. The van der Waals surface area contributed by atoms with Crippen LogP contribution in [0.15, 0.2) is 6.20 Å². The lowest BCUT2D eigenvalue weighted by molar-refractivity contribution is 0.190. The van der Waals surface area contributed by atoms with Crippen molar-refractivity contribution in [3.63, 3.8) is 0 Å². The zero-order valence-electron chi connectivity index (χ0n) is 12.6. The number of aryl methyl sites for hydroxylation is 2. The van der Waals surface area contributed by atoms with Crippen molar-refractivity contribution in [2.75, 3.05) is 44.8 Å². The minimum atomic E-state index is 0.809. The zero-order chi connectivity index (χ0) is 13.9. The van der Waals surface area contributed by atoms with Crippen LogP contribution in [0.2, 0.25) is 0 Å². The third-order valence-corrected chi connectivity index (χ3v) is 4.59. The van der Waals surface area contributed by atoms with E-state index in [-0.39, 0.29) is 0 Å². The Hall–Kier alpha value is -1.07. The summed E-state index contributed by atoms with van der Waals surface area (Å²) in [7, 11) is 1.76. The molecule has 0 aliphatic carbocycles. The van der Waals surface area contributed by atoms with Crippen molar-refractivity contribution in [3.05, 3.63) is 11.9 Å². The third-order valence-electron chi connectivity index (χ3n) is 4.59. The number of anilines is 1. The van der Waals surface area contributed by atoms with Gasteiger partial charge in [0.05, 0.1) is 5.69 Å². The van der Waals surface area contributed by atoms with Crippen molar-refractivity contribution in [1.82, 2.24) is 14.9 Å². The van der Waals surface area contributed by atoms with Gasteiger partial charge in [-0.15, -0.1) is 0 Å². The van der Waals surface area contributed by atoms with E-state index in [0.717, 1.165) is 50.9 Å². The van der Waals surface area contributed by atoms with Crippen molar-refractivity contribution in [3.8, 4) is 0 Å². The normalized spacial score (nSPS) is 25.4. The molecule has 1 aromatic heterocycles. The third kappa shape index (κ3) is 2.69. The Labute approximate surface area is 121 Å². The van der Waals surface area contributed by atoms with E-state index >= 15 is 0 Å². The second-order valence-electron chi connectivity index (χ2n) is 6.01. The topological polar surface area (TPSA) is 42.3 Å². The summed E-state index contributed by atoms with van der Waals surface area (Å²) in [5.41, 5.74) is 1.20. The van der Waals surface area contributed by atoms with Crippen LogP contribution in [0.1, 0.15) is 19.0 Å². The van der Waals surface area contributed by atoms with Gasteiger partial charge in [0.25, 0.3) is 0 Å². The Kier molecular flexibility index (Phi) is 4.27. The molecular formula is C15H26N4O. The summed E-state index contributed by atoms with van der Waals surface area (Å²) in [4.78, 5) is 7.33. The average Bonchev–Trinajstić information content (AvgIpc) is 3.11. The number of nitrogens with zero attached hydrogens (tertiary/aromatic N) is 3. The van der Waals surface area contributed by atoms with E-state index in [2.05, 4.69) is 27.9 Å². The molecule has 2 aliphatic rings. The molecule has 1 aromatic rings. The maximum Gasteiger partial charge on any atom is 0.205 e. The molecule has 0 saturated carbocycles. The maximum absolute atomic E-state index is 5.17. The highest BCUT2D eigenvalue weighted by atomic mass is 16.5. The van der Waals surface area contributed by atoms with Crippen LogP contribution in [0.3, 0.4) is 0 Å². The fourth-order valence-corrected chi connectivity index (χ4v) is 3.44. The van der Waals surface area contributed by atoms with E-state index in [9.17, 15) is 0 Å². The van der Waals surface area contributed by atoms with Gasteiger partial charge in [-0.3, -0.25) is 0 Å². The Balaban J connectivity index is 1.72. The van der Waals surface area contributed by atoms with E-state index in [0.29, 0.717) is 0 Å². The van der Waals surface area contributed by atoms with Crippen molar-refractivity contribution in [1.29, 1.82) is 0 Å². The molecule has 0 spiro atoms. The number of fused-ring (bicyclic) bond motifs is 1. The number of ether oxygens (including phenoxy) is 1. The van der Waals surface area contributed by atoms with E-state index in [4.69, 9.17) is 9.72 Å². The fourth-order valence-electron chi connectivity index (χ4n) is 3.44. The average molecular weight is 278 g/mol. The van der Waals surface area contributed by atoms with Crippen LogP contribution >= 0.6 is 0 Å². The summed E-state index contributed by atoms with van der Waals surface area (Å²) >= 11 is 0. The minimum Gasteiger partial charge on any atom is -0.385 e. The molecule has 3 rings (SSSR count). The molecular weight excluding hydrogens is 252 g/mol. The number of aromatic nitrogens is 2. The molecule has 1 N–H and O–H groups in total. The largest absolute Gasteiger partial charge is 0.385 e. The number of rotatable bonds is 6. The number of methoxy groups -OCH3 is 1. The van der Waals surface area contributed by atoms with Gasteiger partial charge in [-0.05, 0) is 24.7 Å². The molecule has 0 aromatic carbocycles. The predicted molar refractivity (Wildman–Crippen MR) is 80.2 cm³/mol. The number of hydrogen-bond donors (Lipinski definition) is 1. The summed E-state index contributed by atoms with van der Waals surface area (Å²) < 4.78 is 7.49. The Morgan fingerprint density at radius 2 is 2.10 bits per heavy atom. The lowest BCUT2D eigenvalue weighted by atomic mass is 10.0. The number of nitrogens with one attached hydrogen (secondary N) is 1. The molecule has 2 saturated heterocycles. The monoisotopic (exact) mass is 278 g/mol. The molecule has 0 radical (unpaired) electrons. The highest BCUT2D eigenvalue weighted by molar-refractivity contribution is 5.36.